The van der Waals surface area contributed by atoms with Crippen LogP contribution < -0.4 is 10.9 Å². The minimum absolute atomic E-state index is 0.196. The number of hydrogen-bond acceptors (Lipinski definition) is 4. The van der Waals surface area contributed by atoms with Crippen molar-refractivity contribution < 1.29 is 9.21 Å². The van der Waals surface area contributed by atoms with Crippen LogP contribution in [0.2, 0.25) is 0 Å². The Bertz CT molecular complexity index is 1180. The highest BCUT2D eigenvalue weighted by Crippen LogP contribution is 2.14. The van der Waals surface area contributed by atoms with Crippen molar-refractivity contribution in [1.29, 1.82) is 0 Å². The Kier molecular flexibility index (Phi) is 3.85. The normalized spacial score (nSPS) is 11.4. The van der Waals surface area contributed by atoms with Gasteiger partial charge in [0.2, 0.25) is 5.43 Å². The van der Waals surface area contributed by atoms with Gasteiger partial charge >= 0.3 is 0 Å². The first-order valence-corrected chi connectivity index (χ1v) is 8.05. The second-order valence-corrected chi connectivity index (χ2v) is 5.99. The lowest BCUT2D eigenvalue weighted by Crippen LogP contribution is -2.19. The van der Waals surface area contributed by atoms with Crippen LogP contribution in [-0.4, -0.2) is 17.1 Å². The molecule has 0 saturated heterocycles. The van der Waals surface area contributed by atoms with Gasteiger partial charge in [0.15, 0.2) is 0 Å². The van der Waals surface area contributed by atoms with E-state index in [9.17, 15) is 9.59 Å². The van der Waals surface area contributed by atoms with E-state index in [4.69, 9.17) is 4.42 Å². The number of nitrogens with one attached hydrogen (secondary N) is 2. The van der Waals surface area contributed by atoms with Gasteiger partial charge in [0.25, 0.3) is 5.91 Å². The van der Waals surface area contributed by atoms with Crippen LogP contribution in [0.15, 0.2) is 69.1 Å². The summed E-state index contributed by atoms with van der Waals surface area (Å²) < 4.78 is 5.45. The molecule has 0 aliphatic carbocycles. The molecule has 0 radical (unpaired) electrons. The van der Waals surface area contributed by atoms with Gasteiger partial charge in [0, 0.05) is 10.9 Å². The lowest BCUT2D eigenvalue weighted by atomic mass is 10.1. The van der Waals surface area contributed by atoms with Crippen LogP contribution in [0.4, 0.5) is 0 Å². The van der Waals surface area contributed by atoms with E-state index < -0.39 is 5.91 Å². The summed E-state index contributed by atoms with van der Waals surface area (Å²) in [4.78, 5) is 27.7. The highest BCUT2D eigenvalue weighted by Gasteiger charge is 2.09. The predicted molar refractivity (Wildman–Crippen MR) is 101 cm³/mol. The van der Waals surface area contributed by atoms with E-state index in [0.29, 0.717) is 16.7 Å². The van der Waals surface area contributed by atoms with Crippen molar-refractivity contribution in [3.63, 3.8) is 0 Å². The molecule has 0 bridgehead atoms. The van der Waals surface area contributed by atoms with Crippen LogP contribution in [0.3, 0.4) is 0 Å². The second kappa shape index (κ2) is 6.33. The predicted octanol–water partition coefficient (Wildman–Crippen LogP) is 3.35. The number of benzene rings is 2. The molecule has 0 atom stereocenters. The third-order valence-electron chi connectivity index (χ3n) is 4.10. The Morgan fingerprint density at radius 1 is 1.19 bits per heavy atom. The van der Waals surface area contributed by atoms with E-state index in [2.05, 4.69) is 15.5 Å². The van der Waals surface area contributed by atoms with Crippen molar-refractivity contribution in [2.24, 2.45) is 5.10 Å². The molecule has 26 heavy (non-hydrogen) atoms. The average Bonchev–Trinajstić information content (AvgIpc) is 3.08. The molecule has 6 heteroatoms. The molecule has 1 amide bonds. The minimum Gasteiger partial charge on any atom is -0.463 e. The zero-order valence-electron chi connectivity index (χ0n) is 13.9. The van der Waals surface area contributed by atoms with Crippen LogP contribution in [-0.2, 0) is 0 Å². The molecule has 2 aromatic heterocycles. The molecule has 2 N–H and O–H groups in total. The van der Waals surface area contributed by atoms with E-state index in [1.807, 2.05) is 37.3 Å². The fourth-order valence-electron chi connectivity index (χ4n) is 2.77. The summed E-state index contributed by atoms with van der Waals surface area (Å²) in [6.07, 6.45) is 2.62. The summed E-state index contributed by atoms with van der Waals surface area (Å²) in [6, 6.07) is 14.7. The molecule has 4 aromatic rings. The van der Waals surface area contributed by atoms with E-state index >= 15 is 0 Å². The first kappa shape index (κ1) is 15.8. The topological polar surface area (TPSA) is 87.5 Å². The molecule has 0 unspecified atom stereocenters. The molecule has 0 spiro atoms. The Balaban J connectivity index is 1.56. The molecule has 0 fully saturated rings. The van der Waals surface area contributed by atoms with E-state index in [1.54, 1.807) is 18.2 Å². The summed E-state index contributed by atoms with van der Waals surface area (Å²) >= 11 is 0. The zero-order chi connectivity index (χ0) is 18.1. The minimum atomic E-state index is -0.390. The SMILES string of the molecule is Cc1ccc2occ(/C=N/NC(=O)c3cc4ccccc4[nH]3)c(=O)c2c1. The van der Waals surface area contributed by atoms with E-state index in [-0.39, 0.29) is 11.0 Å². The van der Waals surface area contributed by atoms with Crippen molar-refractivity contribution in [2.45, 2.75) is 6.92 Å². The lowest BCUT2D eigenvalue weighted by Gasteiger charge is -2.00. The summed E-state index contributed by atoms with van der Waals surface area (Å²) in [5, 5.41) is 5.29. The van der Waals surface area contributed by atoms with Crippen molar-refractivity contribution in [2.75, 3.05) is 0 Å². The summed E-state index contributed by atoms with van der Waals surface area (Å²) in [7, 11) is 0. The molecular weight excluding hydrogens is 330 g/mol. The number of rotatable bonds is 3. The number of carbonyl (C=O) groups excluding carboxylic acids is 1. The number of amides is 1. The van der Waals surface area contributed by atoms with Gasteiger partial charge in [-0.1, -0.05) is 29.8 Å². The average molecular weight is 345 g/mol. The largest absolute Gasteiger partial charge is 0.463 e. The first-order chi connectivity index (χ1) is 12.6. The Morgan fingerprint density at radius 3 is 2.88 bits per heavy atom. The van der Waals surface area contributed by atoms with Gasteiger partial charge in [0.05, 0.1) is 17.2 Å². The zero-order valence-corrected chi connectivity index (χ0v) is 13.9. The molecule has 2 heterocycles. The van der Waals surface area contributed by atoms with Crippen LogP contribution in [0.1, 0.15) is 21.6 Å². The number of fused-ring (bicyclic) bond motifs is 2. The fourth-order valence-corrected chi connectivity index (χ4v) is 2.77. The molecule has 0 aliphatic heterocycles. The second-order valence-electron chi connectivity index (χ2n) is 5.99. The highest BCUT2D eigenvalue weighted by molar-refractivity contribution is 5.98. The van der Waals surface area contributed by atoms with Crippen LogP contribution >= 0.6 is 0 Å². The maximum atomic E-state index is 12.5. The number of para-hydroxylation sites is 1. The molecule has 6 nitrogen and oxygen atoms in total. The first-order valence-electron chi connectivity index (χ1n) is 8.05. The molecule has 0 aliphatic rings. The molecule has 128 valence electrons. The number of hydrazone groups is 1. The number of nitrogens with zero attached hydrogens (tertiary/aromatic N) is 1. The van der Waals surface area contributed by atoms with Gasteiger partial charge in [-0.05, 0) is 31.2 Å². The Labute approximate surface area is 148 Å². The third kappa shape index (κ3) is 2.88. The molecule has 2 aromatic carbocycles. The van der Waals surface area contributed by atoms with Gasteiger partial charge in [0.1, 0.15) is 17.5 Å². The van der Waals surface area contributed by atoms with Crippen molar-refractivity contribution in [1.82, 2.24) is 10.4 Å². The van der Waals surface area contributed by atoms with Gasteiger partial charge in [-0.2, -0.15) is 5.10 Å². The van der Waals surface area contributed by atoms with Crippen LogP contribution in [0.5, 0.6) is 0 Å². The van der Waals surface area contributed by atoms with E-state index in [1.165, 1.54) is 12.5 Å². The highest BCUT2D eigenvalue weighted by atomic mass is 16.3. The van der Waals surface area contributed by atoms with E-state index in [0.717, 1.165) is 16.5 Å². The third-order valence-corrected chi connectivity index (χ3v) is 4.10. The van der Waals surface area contributed by atoms with Crippen LogP contribution in [0, 0.1) is 6.92 Å². The monoisotopic (exact) mass is 345 g/mol. The fraction of sp³-hybridized carbons (Fsp3) is 0.0500. The molecule has 0 saturated carbocycles. The Morgan fingerprint density at radius 2 is 2.04 bits per heavy atom. The van der Waals surface area contributed by atoms with Crippen molar-refractivity contribution >= 4 is 34.0 Å². The molecular formula is C20H15N3O3. The number of hydrogen-bond donors (Lipinski definition) is 2. The smallest absolute Gasteiger partial charge is 0.287 e. The summed E-state index contributed by atoms with van der Waals surface area (Å²) in [6.45, 7) is 1.90. The number of carbonyl (C=O) groups is 1. The lowest BCUT2D eigenvalue weighted by molar-refractivity contribution is 0.0951. The Hall–Kier alpha value is -3.67. The summed E-state index contributed by atoms with van der Waals surface area (Å²) in [5.74, 6) is -0.390. The number of aromatic nitrogens is 1. The quantitative estimate of drug-likeness (QED) is 0.441. The van der Waals surface area contributed by atoms with Gasteiger partial charge in [-0.15, -0.1) is 0 Å². The van der Waals surface area contributed by atoms with Crippen LogP contribution in [0.25, 0.3) is 21.9 Å². The van der Waals surface area contributed by atoms with Gasteiger partial charge in [-0.3, -0.25) is 9.59 Å². The maximum Gasteiger partial charge on any atom is 0.287 e. The van der Waals surface area contributed by atoms with Crippen molar-refractivity contribution in [3.05, 3.63) is 81.8 Å². The number of aryl methyl sites for hydroxylation is 1. The number of aromatic amines is 1. The van der Waals surface area contributed by atoms with Crippen molar-refractivity contribution in [3.8, 4) is 0 Å². The standard InChI is InChI=1S/C20H15N3O3/c1-12-6-7-18-15(8-12)19(24)14(11-26-18)10-21-23-20(25)17-9-13-4-2-3-5-16(13)22-17/h2-11,22H,1H3,(H,23,25)/b21-10+. The maximum absolute atomic E-state index is 12.5. The molecule has 4 rings (SSSR count). The number of H-pyrrole nitrogens is 1. The summed E-state index contributed by atoms with van der Waals surface area (Å²) in [5.41, 5.74) is 5.22. The van der Waals surface area contributed by atoms with Gasteiger partial charge in [-0.25, -0.2) is 5.43 Å². The van der Waals surface area contributed by atoms with Gasteiger partial charge < -0.3 is 9.40 Å².